The van der Waals surface area contributed by atoms with E-state index in [0.717, 1.165) is 11.1 Å². The number of benzene rings is 1. The Morgan fingerprint density at radius 1 is 1.15 bits per heavy atom. The lowest BCUT2D eigenvalue weighted by atomic mass is 10.1. The van der Waals surface area contributed by atoms with E-state index in [1.807, 2.05) is 13.0 Å². The van der Waals surface area contributed by atoms with Crippen LogP contribution in [0.4, 0.5) is 5.69 Å². The summed E-state index contributed by atoms with van der Waals surface area (Å²) in [6, 6.07) is 8.91. The molecule has 0 fully saturated rings. The van der Waals surface area contributed by atoms with E-state index in [0.29, 0.717) is 22.8 Å². The Labute approximate surface area is 156 Å². The predicted octanol–water partition coefficient (Wildman–Crippen LogP) is 2.51. The molecule has 3 aromatic rings. The molecule has 0 aliphatic rings. The molecule has 1 aromatic carbocycles. The summed E-state index contributed by atoms with van der Waals surface area (Å²) in [4.78, 5) is 29.7. The number of hydrogen-bond donors (Lipinski definition) is 1. The summed E-state index contributed by atoms with van der Waals surface area (Å²) in [7, 11) is 3.09. The number of carbonyl (C=O) groups is 1. The Kier molecular flexibility index (Phi) is 5.12. The van der Waals surface area contributed by atoms with Crippen LogP contribution in [0, 0.1) is 13.8 Å². The Balaban J connectivity index is 1.87. The summed E-state index contributed by atoms with van der Waals surface area (Å²) in [6.07, 6.45) is 1.73. The van der Waals surface area contributed by atoms with E-state index in [2.05, 4.69) is 10.3 Å². The molecule has 0 bridgehead atoms. The molecule has 7 nitrogen and oxygen atoms in total. The molecule has 0 atom stereocenters. The number of hydrogen-bond acceptors (Lipinski definition) is 5. The van der Waals surface area contributed by atoms with Crippen molar-refractivity contribution in [1.29, 1.82) is 0 Å². The van der Waals surface area contributed by atoms with Crippen molar-refractivity contribution >= 4 is 17.2 Å². The third-order valence-corrected chi connectivity index (χ3v) is 4.31. The highest BCUT2D eigenvalue weighted by Crippen LogP contribution is 2.27. The summed E-state index contributed by atoms with van der Waals surface area (Å²) in [5.74, 6) is 0.823. The van der Waals surface area contributed by atoms with Gasteiger partial charge in [-0.3, -0.25) is 14.0 Å². The molecular formula is C20H21N3O4. The summed E-state index contributed by atoms with van der Waals surface area (Å²) in [6.45, 7) is 3.59. The van der Waals surface area contributed by atoms with Gasteiger partial charge in [-0.1, -0.05) is 12.1 Å². The third-order valence-electron chi connectivity index (χ3n) is 4.31. The van der Waals surface area contributed by atoms with E-state index in [-0.39, 0.29) is 23.6 Å². The second-order valence-electron chi connectivity index (χ2n) is 6.18. The first kappa shape index (κ1) is 18.4. The van der Waals surface area contributed by atoms with Crippen molar-refractivity contribution in [2.75, 3.05) is 19.5 Å². The molecule has 140 valence electrons. The van der Waals surface area contributed by atoms with Gasteiger partial charge in [0.1, 0.15) is 11.3 Å². The number of methoxy groups -OCH3 is 2. The van der Waals surface area contributed by atoms with Gasteiger partial charge < -0.3 is 14.8 Å². The SMILES string of the molecule is COc1ccc(CC(=O)Nc2c(C)nc3c(C)cccn3c2=O)cc1OC. The van der Waals surface area contributed by atoms with Crippen LogP contribution < -0.4 is 20.3 Å². The van der Waals surface area contributed by atoms with Gasteiger partial charge in [0.25, 0.3) is 5.56 Å². The standard InChI is InChI=1S/C20H21N3O4/c1-12-6-5-9-23-19(12)21-13(2)18(20(23)25)22-17(24)11-14-7-8-15(26-3)16(10-14)27-4/h5-10H,11H2,1-4H3,(H,22,24). The molecule has 2 aromatic heterocycles. The minimum atomic E-state index is -0.308. The summed E-state index contributed by atoms with van der Waals surface area (Å²) in [5.41, 5.74) is 2.58. The first-order valence-corrected chi connectivity index (χ1v) is 8.44. The van der Waals surface area contributed by atoms with Crippen molar-refractivity contribution in [3.63, 3.8) is 0 Å². The number of carbonyl (C=O) groups excluding carboxylic acids is 1. The van der Waals surface area contributed by atoms with E-state index in [4.69, 9.17) is 9.47 Å². The molecule has 0 aliphatic heterocycles. The van der Waals surface area contributed by atoms with Gasteiger partial charge in [0.05, 0.1) is 26.3 Å². The summed E-state index contributed by atoms with van der Waals surface area (Å²) in [5, 5.41) is 2.70. The second-order valence-corrected chi connectivity index (χ2v) is 6.18. The van der Waals surface area contributed by atoms with Crippen LogP contribution in [0.3, 0.4) is 0 Å². The highest BCUT2D eigenvalue weighted by Gasteiger charge is 2.15. The zero-order chi connectivity index (χ0) is 19.6. The maximum absolute atomic E-state index is 12.7. The number of nitrogens with zero attached hydrogens (tertiary/aromatic N) is 2. The smallest absolute Gasteiger partial charge is 0.281 e. The van der Waals surface area contributed by atoms with E-state index in [1.165, 1.54) is 11.5 Å². The Morgan fingerprint density at radius 2 is 1.89 bits per heavy atom. The van der Waals surface area contributed by atoms with Crippen molar-refractivity contribution in [3.05, 3.63) is 63.7 Å². The molecule has 2 heterocycles. The van der Waals surface area contributed by atoms with Gasteiger partial charge >= 0.3 is 0 Å². The molecule has 0 unspecified atom stereocenters. The number of anilines is 1. The molecule has 0 radical (unpaired) electrons. The fourth-order valence-electron chi connectivity index (χ4n) is 2.91. The molecule has 0 saturated heterocycles. The highest BCUT2D eigenvalue weighted by atomic mass is 16.5. The zero-order valence-electron chi connectivity index (χ0n) is 15.7. The maximum atomic E-state index is 12.7. The molecule has 7 heteroatoms. The molecule has 1 N–H and O–H groups in total. The predicted molar refractivity (Wildman–Crippen MR) is 103 cm³/mol. The van der Waals surface area contributed by atoms with Crippen LogP contribution >= 0.6 is 0 Å². The molecule has 3 rings (SSSR count). The summed E-state index contributed by atoms with van der Waals surface area (Å²) < 4.78 is 11.9. The topological polar surface area (TPSA) is 81.9 Å². The van der Waals surface area contributed by atoms with E-state index in [1.54, 1.807) is 44.5 Å². The number of pyridine rings is 1. The van der Waals surface area contributed by atoms with Gasteiger partial charge in [-0.25, -0.2) is 4.98 Å². The van der Waals surface area contributed by atoms with Gasteiger partial charge in [0.15, 0.2) is 11.5 Å². The number of aryl methyl sites for hydroxylation is 2. The van der Waals surface area contributed by atoms with Crippen LogP contribution in [0.25, 0.3) is 5.65 Å². The number of nitrogens with one attached hydrogen (secondary N) is 1. The minimum Gasteiger partial charge on any atom is -0.493 e. The lowest BCUT2D eigenvalue weighted by Gasteiger charge is -2.12. The minimum absolute atomic E-state index is 0.0930. The first-order valence-electron chi connectivity index (χ1n) is 8.44. The van der Waals surface area contributed by atoms with E-state index < -0.39 is 0 Å². The van der Waals surface area contributed by atoms with Crippen molar-refractivity contribution in [2.24, 2.45) is 0 Å². The quantitative estimate of drug-likeness (QED) is 0.749. The number of ether oxygens (including phenoxy) is 2. The van der Waals surface area contributed by atoms with Gasteiger partial charge in [0, 0.05) is 6.20 Å². The summed E-state index contributed by atoms with van der Waals surface area (Å²) >= 11 is 0. The van der Waals surface area contributed by atoms with Gasteiger partial charge in [-0.15, -0.1) is 0 Å². The molecular weight excluding hydrogens is 346 g/mol. The average molecular weight is 367 g/mol. The molecule has 1 amide bonds. The zero-order valence-corrected chi connectivity index (χ0v) is 15.7. The van der Waals surface area contributed by atoms with Crippen LogP contribution in [0.1, 0.15) is 16.8 Å². The van der Waals surface area contributed by atoms with Crippen molar-refractivity contribution in [1.82, 2.24) is 9.38 Å². The van der Waals surface area contributed by atoms with Crippen molar-refractivity contribution in [2.45, 2.75) is 20.3 Å². The number of fused-ring (bicyclic) bond motifs is 1. The van der Waals surface area contributed by atoms with Crippen LogP contribution in [0.15, 0.2) is 41.3 Å². The normalized spacial score (nSPS) is 10.7. The molecule has 27 heavy (non-hydrogen) atoms. The molecule has 0 aliphatic carbocycles. The van der Waals surface area contributed by atoms with Crippen LogP contribution in [0.5, 0.6) is 11.5 Å². The molecule has 0 saturated carbocycles. The molecule has 0 spiro atoms. The fraction of sp³-hybridized carbons (Fsp3) is 0.250. The van der Waals surface area contributed by atoms with Gasteiger partial charge in [-0.2, -0.15) is 0 Å². The first-order chi connectivity index (χ1) is 12.9. The lowest BCUT2D eigenvalue weighted by Crippen LogP contribution is -2.26. The van der Waals surface area contributed by atoms with Crippen LogP contribution in [-0.4, -0.2) is 29.5 Å². The van der Waals surface area contributed by atoms with E-state index in [9.17, 15) is 9.59 Å². The Morgan fingerprint density at radius 3 is 2.59 bits per heavy atom. The highest BCUT2D eigenvalue weighted by molar-refractivity contribution is 5.92. The Bertz CT molecular complexity index is 1070. The number of amides is 1. The van der Waals surface area contributed by atoms with Crippen molar-refractivity contribution in [3.8, 4) is 11.5 Å². The van der Waals surface area contributed by atoms with Crippen LogP contribution in [-0.2, 0) is 11.2 Å². The number of aromatic nitrogens is 2. The Hall–Kier alpha value is -3.35. The monoisotopic (exact) mass is 367 g/mol. The van der Waals surface area contributed by atoms with E-state index >= 15 is 0 Å². The van der Waals surface area contributed by atoms with Crippen LogP contribution in [0.2, 0.25) is 0 Å². The largest absolute Gasteiger partial charge is 0.493 e. The second kappa shape index (κ2) is 7.49. The fourth-order valence-corrected chi connectivity index (χ4v) is 2.91. The lowest BCUT2D eigenvalue weighted by molar-refractivity contribution is -0.115. The van der Waals surface area contributed by atoms with Crippen molar-refractivity contribution < 1.29 is 14.3 Å². The van der Waals surface area contributed by atoms with Gasteiger partial charge in [0.2, 0.25) is 5.91 Å². The van der Waals surface area contributed by atoms with Gasteiger partial charge in [-0.05, 0) is 43.2 Å². The average Bonchev–Trinajstić information content (AvgIpc) is 2.66. The number of rotatable bonds is 5. The maximum Gasteiger partial charge on any atom is 0.281 e. The third kappa shape index (κ3) is 3.62.